The van der Waals surface area contributed by atoms with Gasteiger partial charge in [0.05, 0.1) is 0 Å². The number of aryl methyl sites for hydroxylation is 2. The van der Waals surface area contributed by atoms with E-state index in [-0.39, 0.29) is 5.92 Å². The van der Waals surface area contributed by atoms with E-state index >= 15 is 0 Å². The molecule has 2 fully saturated rings. The monoisotopic (exact) mass is 426 g/mol. The molecule has 5 rings (SSSR count). The number of rotatable bonds is 5. The van der Waals surface area contributed by atoms with Crippen LogP contribution in [0.2, 0.25) is 0 Å². The summed E-state index contributed by atoms with van der Waals surface area (Å²) in [5.74, 6) is 2.40. The Morgan fingerprint density at radius 1 is 0.938 bits per heavy atom. The quantitative estimate of drug-likeness (QED) is 0.606. The number of hydrogen-bond donors (Lipinski definition) is 0. The van der Waals surface area contributed by atoms with Crippen LogP contribution >= 0.6 is 0 Å². The average molecular weight is 427 g/mol. The topological polar surface area (TPSA) is 49.3 Å². The molecule has 3 aromatic rings. The Morgan fingerprint density at radius 2 is 1.69 bits per heavy atom. The van der Waals surface area contributed by atoms with Gasteiger partial charge >= 0.3 is 0 Å². The molecular formula is C27H30N4O. The normalized spacial score (nSPS) is 16.3. The van der Waals surface area contributed by atoms with Crippen molar-refractivity contribution in [1.82, 2.24) is 14.9 Å². The first-order valence-corrected chi connectivity index (χ1v) is 11.6. The van der Waals surface area contributed by atoms with Crippen molar-refractivity contribution in [2.75, 3.05) is 31.1 Å². The van der Waals surface area contributed by atoms with E-state index in [1.165, 1.54) is 16.7 Å². The maximum atomic E-state index is 12.5. The lowest BCUT2D eigenvalue weighted by molar-refractivity contribution is -0.132. The van der Waals surface area contributed by atoms with E-state index < -0.39 is 0 Å². The summed E-state index contributed by atoms with van der Waals surface area (Å²) in [6.07, 6.45) is 2.93. The summed E-state index contributed by atoms with van der Waals surface area (Å²) in [5, 5.41) is 0. The van der Waals surface area contributed by atoms with Gasteiger partial charge in [0.15, 0.2) is 5.82 Å². The fraction of sp³-hybridized carbons (Fsp3) is 0.370. The highest BCUT2D eigenvalue weighted by Crippen LogP contribution is 2.32. The highest BCUT2D eigenvalue weighted by atomic mass is 16.2. The second-order valence-electron chi connectivity index (χ2n) is 9.05. The zero-order valence-corrected chi connectivity index (χ0v) is 18.9. The second kappa shape index (κ2) is 8.73. The zero-order valence-electron chi connectivity index (χ0n) is 18.9. The van der Waals surface area contributed by atoms with Crippen molar-refractivity contribution in [1.29, 1.82) is 0 Å². The molecule has 2 aliphatic rings. The van der Waals surface area contributed by atoms with E-state index in [1.807, 2.05) is 23.1 Å². The molecule has 1 saturated heterocycles. The van der Waals surface area contributed by atoms with Gasteiger partial charge in [-0.1, -0.05) is 60.2 Å². The first kappa shape index (κ1) is 20.7. The summed E-state index contributed by atoms with van der Waals surface area (Å²) in [6.45, 7) is 7.37. The third-order valence-electron chi connectivity index (χ3n) is 6.50. The lowest BCUT2D eigenvalue weighted by Gasteiger charge is -2.36. The summed E-state index contributed by atoms with van der Waals surface area (Å²) in [4.78, 5) is 26.9. The molecule has 1 aliphatic heterocycles. The van der Waals surface area contributed by atoms with Crippen LogP contribution in [0, 0.1) is 19.8 Å². The third kappa shape index (κ3) is 4.38. The minimum Gasteiger partial charge on any atom is -0.353 e. The Bertz CT molecular complexity index is 1120. The summed E-state index contributed by atoms with van der Waals surface area (Å²) in [5.41, 5.74) is 5.76. The maximum absolute atomic E-state index is 12.5. The molecule has 0 radical (unpaired) electrons. The molecule has 0 N–H and O–H groups in total. The summed E-state index contributed by atoms with van der Waals surface area (Å²) in [6, 6.07) is 18.8. The predicted octanol–water partition coefficient (Wildman–Crippen LogP) is 4.41. The number of amides is 1. The van der Waals surface area contributed by atoms with Gasteiger partial charge in [-0.15, -0.1) is 0 Å². The number of piperazine rings is 1. The van der Waals surface area contributed by atoms with Crippen molar-refractivity contribution >= 4 is 11.7 Å². The maximum Gasteiger partial charge on any atom is 0.225 e. The van der Waals surface area contributed by atoms with Gasteiger partial charge < -0.3 is 9.80 Å². The van der Waals surface area contributed by atoms with Crippen LogP contribution in [0.4, 0.5) is 5.82 Å². The van der Waals surface area contributed by atoms with E-state index in [0.29, 0.717) is 5.91 Å². The van der Waals surface area contributed by atoms with Crippen LogP contribution in [-0.2, 0) is 11.2 Å². The van der Waals surface area contributed by atoms with Crippen LogP contribution < -0.4 is 4.90 Å². The Hall–Kier alpha value is -3.21. The van der Waals surface area contributed by atoms with E-state index in [1.54, 1.807) is 0 Å². The molecule has 0 bridgehead atoms. The Kier molecular flexibility index (Phi) is 5.64. The molecule has 32 heavy (non-hydrogen) atoms. The molecule has 0 unspecified atom stereocenters. The Balaban J connectivity index is 1.48. The van der Waals surface area contributed by atoms with Crippen molar-refractivity contribution < 1.29 is 4.79 Å². The Labute approximate surface area is 190 Å². The van der Waals surface area contributed by atoms with Crippen LogP contribution in [0.25, 0.3) is 11.4 Å². The molecule has 1 aliphatic carbocycles. The molecular weight excluding hydrogens is 396 g/mol. The first-order valence-electron chi connectivity index (χ1n) is 11.6. The van der Waals surface area contributed by atoms with Crippen LogP contribution in [0.3, 0.4) is 0 Å². The number of anilines is 1. The van der Waals surface area contributed by atoms with Crippen molar-refractivity contribution in [2.45, 2.75) is 33.1 Å². The minimum absolute atomic E-state index is 0.282. The van der Waals surface area contributed by atoms with Crippen LogP contribution in [0.1, 0.15) is 35.2 Å². The lowest BCUT2D eigenvalue weighted by Crippen LogP contribution is -2.49. The summed E-state index contributed by atoms with van der Waals surface area (Å²) < 4.78 is 0. The highest BCUT2D eigenvalue weighted by molar-refractivity contribution is 5.81. The third-order valence-corrected chi connectivity index (χ3v) is 6.50. The van der Waals surface area contributed by atoms with Gasteiger partial charge in [-0.3, -0.25) is 4.79 Å². The molecule has 2 heterocycles. The lowest BCUT2D eigenvalue weighted by atomic mass is 10.0. The number of carbonyl (C=O) groups excluding carboxylic acids is 1. The van der Waals surface area contributed by atoms with Crippen molar-refractivity contribution in [3.63, 3.8) is 0 Å². The average Bonchev–Trinajstić information content (AvgIpc) is 3.66. The molecule has 1 aromatic heterocycles. The second-order valence-corrected chi connectivity index (χ2v) is 9.05. The fourth-order valence-electron chi connectivity index (χ4n) is 4.52. The van der Waals surface area contributed by atoms with Crippen molar-refractivity contribution in [3.8, 4) is 11.4 Å². The van der Waals surface area contributed by atoms with E-state index in [9.17, 15) is 4.79 Å². The van der Waals surface area contributed by atoms with E-state index in [0.717, 1.165) is 68.3 Å². The van der Waals surface area contributed by atoms with Gasteiger partial charge in [0, 0.05) is 55.3 Å². The summed E-state index contributed by atoms with van der Waals surface area (Å²) in [7, 11) is 0. The van der Waals surface area contributed by atoms with Gasteiger partial charge in [-0.05, 0) is 32.3 Å². The predicted molar refractivity (Wildman–Crippen MR) is 128 cm³/mol. The SMILES string of the molecule is Cc1cccc(Cc2c(C)nc(-c3ccccc3)nc2N2CCN(C(=O)C3CC3)CC2)c1. The van der Waals surface area contributed by atoms with Gasteiger partial charge in [0.2, 0.25) is 5.91 Å². The smallest absolute Gasteiger partial charge is 0.225 e. The number of benzene rings is 2. The highest BCUT2D eigenvalue weighted by Gasteiger charge is 2.35. The van der Waals surface area contributed by atoms with Gasteiger partial charge in [0.1, 0.15) is 5.82 Å². The number of nitrogens with zero attached hydrogens (tertiary/aromatic N) is 4. The van der Waals surface area contributed by atoms with Crippen molar-refractivity contribution in [3.05, 3.63) is 77.0 Å². The van der Waals surface area contributed by atoms with E-state index in [4.69, 9.17) is 9.97 Å². The van der Waals surface area contributed by atoms with Gasteiger partial charge in [-0.25, -0.2) is 9.97 Å². The number of carbonyl (C=O) groups is 1. The van der Waals surface area contributed by atoms with Crippen LogP contribution in [-0.4, -0.2) is 47.0 Å². The molecule has 0 spiro atoms. The van der Waals surface area contributed by atoms with E-state index in [2.05, 4.69) is 55.1 Å². The molecule has 5 heteroatoms. The summed E-state index contributed by atoms with van der Waals surface area (Å²) >= 11 is 0. The Morgan fingerprint density at radius 3 is 2.38 bits per heavy atom. The minimum atomic E-state index is 0.282. The standard InChI is InChI=1S/C27H30N4O/c1-19-7-6-8-21(17-19)18-24-20(2)28-25(22-9-4-3-5-10-22)29-26(24)30-13-15-31(16-14-30)27(32)23-11-12-23/h3-10,17,23H,11-16,18H2,1-2H3. The van der Waals surface area contributed by atoms with Crippen LogP contribution in [0.5, 0.6) is 0 Å². The van der Waals surface area contributed by atoms with Crippen molar-refractivity contribution in [2.24, 2.45) is 5.92 Å². The molecule has 2 aromatic carbocycles. The molecule has 164 valence electrons. The fourth-order valence-corrected chi connectivity index (χ4v) is 4.52. The molecule has 1 saturated carbocycles. The first-order chi connectivity index (χ1) is 15.6. The van der Waals surface area contributed by atoms with Gasteiger partial charge in [-0.2, -0.15) is 0 Å². The van der Waals surface area contributed by atoms with Crippen LogP contribution in [0.15, 0.2) is 54.6 Å². The number of aromatic nitrogens is 2. The zero-order chi connectivity index (χ0) is 22.1. The largest absolute Gasteiger partial charge is 0.353 e. The molecule has 5 nitrogen and oxygen atoms in total. The molecule has 1 amide bonds. The molecule has 0 atom stereocenters. The number of hydrogen-bond acceptors (Lipinski definition) is 4. The van der Waals surface area contributed by atoms with Gasteiger partial charge in [0.25, 0.3) is 0 Å².